The number of carbonyl (C=O) groups is 2. The van der Waals surface area contributed by atoms with E-state index in [1.165, 1.54) is 24.4 Å². The van der Waals surface area contributed by atoms with E-state index in [0.29, 0.717) is 5.56 Å². The van der Waals surface area contributed by atoms with Crippen LogP contribution in [0, 0.1) is 5.82 Å². The van der Waals surface area contributed by atoms with E-state index in [9.17, 15) is 19.1 Å². The third kappa shape index (κ3) is 4.50. The van der Waals surface area contributed by atoms with Crippen molar-refractivity contribution >= 4 is 28.8 Å². The van der Waals surface area contributed by atoms with Crippen molar-refractivity contribution in [3.05, 3.63) is 77.6 Å². The molecular formula is C21H18FN3O3. The van der Waals surface area contributed by atoms with E-state index >= 15 is 0 Å². The van der Waals surface area contributed by atoms with Gasteiger partial charge in [0, 0.05) is 18.5 Å². The summed E-state index contributed by atoms with van der Waals surface area (Å²) in [7, 11) is 0. The minimum atomic E-state index is -0.621. The van der Waals surface area contributed by atoms with Crippen LogP contribution in [0.1, 0.15) is 22.3 Å². The number of phenols is 1. The van der Waals surface area contributed by atoms with Gasteiger partial charge in [0.05, 0.1) is 11.8 Å². The zero-order chi connectivity index (χ0) is 19.9. The van der Waals surface area contributed by atoms with Gasteiger partial charge in [-0.3, -0.25) is 9.59 Å². The summed E-state index contributed by atoms with van der Waals surface area (Å²) in [6.07, 6.45) is 1.34. The first kappa shape index (κ1) is 19.0. The maximum Gasteiger partial charge on any atom is 0.254 e. The van der Waals surface area contributed by atoms with E-state index in [0.717, 1.165) is 10.8 Å². The molecule has 0 aliphatic rings. The second-order valence-corrected chi connectivity index (χ2v) is 6.00. The molecule has 0 saturated carbocycles. The van der Waals surface area contributed by atoms with Gasteiger partial charge < -0.3 is 10.4 Å². The van der Waals surface area contributed by atoms with Gasteiger partial charge in [0.25, 0.3) is 5.91 Å². The summed E-state index contributed by atoms with van der Waals surface area (Å²) < 4.78 is 13.5. The molecule has 3 N–H and O–H groups in total. The molecule has 0 radical (unpaired) electrons. The summed E-state index contributed by atoms with van der Waals surface area (Å²) in [5.74, 6) is -1.59. The lowest BCUT2D eigenvalue weighted by Gasteiger charge is -2.06. The molecule has 142 valence electrons. The highest BCUT2D eigenvalue weighted by Gasteiger charge is 2.10. The zero-order valence-electron chi connectivity index (χ0n) is 14.9. The van der Waals surface area contributed by atoms with Gasteiger partial charge in [-0.2, -0.15) is 5.10 Å². The van der Waals surface area contributed by atoms with Crippen LogP contribution in [0.15, 0.2) is 65.8 Å². The molecule has 0 fully saturated rings. The van der Waals surface area contributed by atoms with Crippen LogP contribution in [0.25, 0.3) is 10.8 Å². The van der Waals surface area contributed by atoms with E-state index in [4.69, 9.17) is 0 Å². The Morgan fingerprint density at radius 2 is 1.79 bits per heavy atom. The van der Waals surface area contributed by atoms with E-state index in [1.54, 1.807) is 18.2 Å². The Balaban J connectivity index is 1.53. The third-order valence-electron chi connectivity index (χ3n) is 4.09. The van der Waals surface area contributed by atoms with Gasteiger partial charge in [0.2, 0.25) is 5.91 Å². The Kier molecular flexibility index (Phi) is 5.96. The number of benzene rings is 3. The van der Waals surface area contributed by atoms with Crippen molar-refractivity contribution < 1.29 is 19.1 Å². The highest BCUT2D eigenvalue weighted by atomic mass is 19.1. The molecule has 0 saturated heterocycles. The molecule has 0 bridgehead atoms. The molecule has 0 aliphatic carbocycles. The number of phenolic OH excluding ortho intramolecular Hbond substituents is 1. The van der Waals surface area contributed by atoms with E-state index in [2.05, 4.69) is 15.8 Å². The zero-order valence-corrected chi connectivity index (χ0v) is 14.9. The van der Waals surface area contributed by atoms with Gasteiger partial charge in [-0.25, -0.2) is 9.82 Å². The average Bonchev–Trinajstić information content (AvgIpc) is 2.70. The van der Waals surface area contributed by atoms with Gasteiger partial charge >= 0.3 is 0 Å². The number of carbonyl (C=O) groups excluding carboxylic acids is 2. The van der Waals surface area contributed by atoms with Gasteiger partial charge in [0.15, 0.2) is 0 Å². The third-order valence-corrected chi connectivity index (χ3v) is 4.09. The molecule has 3 aromatic rings. The highest BCUT2D eigenvalue weighted by molar-refractivity contribution is 6.02. The molecule has 6 nitrogen and oxygen atoms in total. The molecule has 0 atom stereocenters. The first-order valence-corrected chi connectivity index (χ1v) is 8.61. The Bertz CT molecular complexity index is 1050. The predicted molar refractivity (Wildman–Crippen MR) is 105 cm³/mol. The fourth-order valence-electron chi connectivity index (χ4n) is 2.67. The summed E-state index contributed by atoms with van der Waals surface area (Å²) in [5.41, 5.74) is 2.76. The second-order valence-electron chi connectivity index (χ2n) is 6.00. The standard InChI is InChI=1S/C21H18FN3O3/c22-18-8-4-3-7-16(18)21(28)23-12-11-20(27)25-24-13-17-15-6-2-1-5-14(15)9-10-19(17)26/h1-10,13,26H,11-12H2,(H,23,28)(H,25,27)/b24-13+. The Hall–Kier alpha value is -3.74. The van der Waals surface area contributed by atoms with Gasteiger partial charge in [0.1, 0.15) is 11.6 Å². The van der Waals surface area contributed by atoms with Crippen molar-refractivity contribution in [3.63, 3.8) is 0 Å². The Morgan fingerprint density at radius 1 is 1.04 bits per heavy atom. The van der Waals surface area contributed by atoms with Crippen molar-refractivity contribution in [3.8, 4) is 5.75 Å². The summed E-state index contributed by atoms with van der Waals surface area (Å²) in [5, 5.41) is 18.1. The van der Waals surface area contributed by atoms with Crippen LogP contribution in [0.3, 0.4) is 0 Å². The molecular weight excluding hydrogens is 361 g/mol. The normalized spacial score (nSPS) is 10.9. The number of hydrazone groups is 1. The predicted octanol–water partition coefficient (Wildman–Crippen LogP) is 2.95. The quantitative estimate of drug-likeness (QED) is 0.454. The van der Waals surface area contributed by atoms with Crippen molar-refractivity contribution in [1.29, 1.82) is 0 Å². The van der Waals surface area contributed by atoms with Crippen LogP contribution in [-0.2, 0) is 4.79 Å². The lowest BCUT2D eigenvalue weighted by atomic mass is 10.0. The fourth-order valence-corrected chi connectivity index (χ4v) is 2.67. The molecule has 0 spiro atoms. The van der Waals surface area contributed by atoms with Crippen molar-refractivity contribution in [2.75, 3.05) is 6.54 Å². The first-order chi connectivity index (χ1) is 13.6. The molecule has 3 rings (SSSR count). The van der Waals surface area contributed by atoms with E-state index in [-0.39, 0.29) is 24.3 Å². The highest BCUT2D eigenvalue weighted by Crippen LogP contribution is 2.25. The van der Waals surface area contributed by atoms with E-state index < -0.39 is 17.6 Å². The first-order valence-electron chi connectivity index (χ1n) is 8.61. The van der Waals surface area contributed by atoms with Crippen LogP contribution in [0.5, 0.6) is 5.75 Å². The van der Waals surface area contributed by atoms with Crippen LogP contribution in [0.4, 0.5) is 4.39 Å². The number of amides is 2. The van der Waals surface area contributed by atoms with Crippen LogP contribution < -0.4 is 10.7 Å². The molecule has 7 heteroatoms. The lowest BCUT2D eigenvalue weighted by Crippen LogP contribution is -2.29. The Morgan fingerprint density at radius 3 is 2.61 bits per heavy atom. The number of hydrogen-bond acceptors (Lipinski definition) is 4. The fraction of sp³-hybridized carbons (Fsp3) is 0.0952. The minimum absolute atomic E-state index is 0.0287. The number of nitrogens with one attached hydrogen (secondary N) is 2. The maximum atomic E-state index is 13.5. The van der Waals surface area contributed by atoms with Crippen LogP contribution >= 0.6 is 0 Å². The number of hydrogen-bond donors (Lipinski definition) is 3. The number of aromatic hydroxyl groups is 1. The van der Waals surface area contributed by atoms with E-state index in [1.807, 2.05) is 24.3 Å². The van der Waals surface area contributed by atoms with Crippen molar-refractivity contribution in [2.24, 2.45) is 5.10 Å². The summed E-state index contributed by atoms with van der Waals surface area (Å²) >= 11 is 0. The molecule has 0 unspecified atom stereocenters. The molecule has 2 amide bonds. The smallest absolute Gasteiger partial charge is 0.254 e. The number of fused-ring (bicyclic) bond motifs is 1. The second kappa shape index (κ2) is 8.77. The van der Waals surface area contributed by atoms with Gasteiger partial charge in [-0.15, -0.1) is 0 Å². The van der Waals surface area contributed by atoms with Gasteiger partial charge in [-0.05, 0) is 29.0 Å². The number of halogens is 1. The molecule has 28 heavy (non-hydrogen) atoms. The van der Waals surface area contributed by atoms with Gasteiger partial charge in [-0.1, -0.05) is 42.5 Å². The molecule has 0 aliphatic heterocycles. The Labute approximate surface area is 160 Å². The summed E-state index contributed by atoms with van der Waals surface area (Å²) in [6, 6.07) is 16.4. The number of rotatable bonds is 6. The van der Waals surface area contributed by atoms with Crippen molar-refractivity contribution in [1.82, 2.24) is 10.7 Å². The topological polar surface area (TPSA) is 90.8 Å². The molecule has 0 aromatic heterocycles. The van der Waals surface area contributed by atoms with Crippen LogP contribution in [0.2, 0.25) is 0 Å². The maximum absolute atomic E-state index is 13.5. The summed E-state index contributed by atoms with van der Waals surface area (Å²) in [4.78, 5) is 23.7. The average molecular weight is 379 g/mol. The monoisotopic (exact) mass is 379 g/mol. The molecule has 3 aromatic carbocycles. The summed E-state index contributed by atoms with van der Waals surface area (Å²) in [6.45, 7) is 0.0358. The largest absolute Gasteiger partial charge is 0.507 e. The molecule has 0 heterocycles. The van der Waals surface area contributed by atoms with Crippen LogP contribution in [-0.4, -0.2) is 29.7 Å². The number of nitrogens with zero attached hydrogens (tertiary/aromatic N) is 1. The lowest BCUT2D eigenvalue weighted by molar-refractivity contribution is -0.120. The van der Waals surface area contributed by atoms with Crippen molar-refractivity contribution in [2.45, 2.75) is 6.42 Å². The SMILES string of the molecule is O=C(CCNC(=O)c1ccccc1F)N/N=C/c1c(O)ccc2ccccc12. The minimum Gasteiger partial charge on any atom is -0.507 e.